The van der Waals surface area contributed by atoms with Crippen LogP contribution in [0.4, 0.5) is 0 Å². The number of carbonyl (C=O) groups excluding carboxylic acids is 2. The van der Waals surface area contributed by atoms with Gasteiger partial charge >= 0.3 is 11.9 Å². The van der Waals surface area contributed by atoms with Crippen molar-refractivity contribution < 1.29 is 28.2 Å². The van der Waals surface area contributed by atoms with E-state index < -0.39 is 18.5 Å². The predicted molar refractivity (Wildman–Crippen MR) is 56.3 cm³/mol. The van der Waals surface area contributed by atoms with Crippen molar-refractivity contribution >= 4 is 11.9 Å². The molecule has 0 aliphatic carbocycles. The second kappa shape index (κ2) is 6.70. The van der Waals surface area contributed by atoms with Gasteiger partial charge in [0.1, 0.15) is 12.4 Å². The van der Waals surface area contributed by atoms with Gasteiger partial charge in [-0.1, -0.05) is 0 Å². The molecule has 1 aromatic heterocycles. The molecule has 6 heteroatoms. The third-order valence-corrected chi connectivity index (χ3v) is 1.78. The first-order valence-corrected chi connectivity index (χ1v) is 5.07. The fraction of sp³-hybridized carbons (Fsp3) is 0.455. The Hall–Kier alpha value is -1.82. The molecular weight excluding hydrogens is 228 g/mol. The van der Waals surface area contributed by atoms with E-state index in [1.807, 2.05) is 0 Å². The lowest BCUT2D eigenvalue weighted by Gasteiger charge is -2.02. The van der Waals surface area contributed by atoms with Crippen LogP contribution in [0.2, 0.25) is 0 Å². The van der Waals surface area contributed by atoms with E-state index >= 15 is 0 Å². The molecule has 0 atom stereocenters. The fourth-order valence-corrected chi connectivity index (χ4v) is 1.11. The minimum Gasteiger partial charge on any atom is -0.463 e. The lowest BCUT2D eigenvalue weighted by molar-refractivity contribution is -0.146. The Morgan fingerprint density at radius 2 is 2.06 bits per heavy atom. The molecule has 6 nitrogen and oxygen atoms in total. The molecule has 0 bridgehead atoms. The fourth-order valence-electron chi connectivity index (χ4n) is 1.11. The van der Waals surface area contributed by atoms with Crippen molar-refractivity contribution in [1.29, 1.82) is 0 Å². The van der Waals surface area contributed by atoms with E-state index in [-0.39, 0.29) is 19.0 Å². The summed E-state index contributed by atoms with van der Waals surface area (Å²) >= 11 is 0. The molecule has 0 saturated heterocycles. The minimum absolute atomic E-state index is 0.0290. The summed E-state index contributed by atoms with van der Waals surface area (Å²) in [5, 5.41) is 0. The van der Waals surface area contributed by atoms with Gasteiger partial charge in [0.25, 0.3) is 0 Å². The molecule has 0 fully saturated rings. The lowest BCUT2D eigenvalue weighted by atomic mass is 10.4. The summed E-state index contributed by atoms with van der Waals surface area (Å²) in [6.45, 7) is 1.76. The number of hydrogen-bond acceptors (Lipinski definition) is 6. The van der Waals surface area contributed by atoms with Gasteiger partial charge in [-0.05, 0) is 19.1 Å². The molecular formula is C11H14O6. The van der Waals surface area contributed by atoms with Gasteiger partial charge in [0.05, 0.1) is 6.61 Å². The van der Waals surface area contributed by atoms with Crippen molar-refractivity contribution in [3.8, 4) is 0 Å². The number of carbonyl (C=O) groups is 2. The topological polar surface area (TPSA) is 75.0 Å². The zero-order valence-corrected chi connectivity index (χ0v) is 9.73. The van der Waals surface area contributed by atoms with Gasteiger partial charge < -0.3 is 18.6 Å². The molecule has 0 spiro atoms. The number of ether oxygens (including phenoxy) is 3. The lowest BCUT2D eigenvalue weighted by Crippen LogP contribution is -2.16. The van der Waals surface area contributed by atoms with E-state index in [2.05, 4.69) is 9.47 Å². The second-order valence-electron chi connectivity index (χ2n) is 3.08. The molecule has 1 heterocycles. The highest BCUT2D eigenvalue weighted by Gasteiger charge is 2.14. The highest BCUT2D eigenvalue weighted by Crippen LogP contribution is 2.10. The van der Waals surface area contributed by atoms with E-state index in [9.17, 15) is 9.59 Å². The first-order chi connectivity index (χ1) is 8.17. The molecule has 1 aromatic rings. The molecule has 0 saturated carbocycles. The van der Waals surface area contributed by atoms with Crippen LogP contribution in [0.3, 0.4) is 0 Å². The van der Waals surface area contributed by atoms with Crippen molar-refractivity contribution in [2.24, 2.45) is 0 Å². The number of methoxy groups -OCH3 is 1. The zero-order valence-electron chi connectivity index (χ0n) is 9.73. The Morgan fingerprint density at radius 3 is 2.71 bits per heavy atom. The van der Waals surface area contributed by atoms with Crippen molar-refractivity contribution in [3.63, 3.8) is 0 Å². The van der Waals surface area contributed by atoms with E-state index in [0.717, 1.165) is 0 Å². The van der Waals surface area contributed by atoms with Crippen molar-refractivity contribution in [1.82, 2.24) is 0 Å². The maximum Gasteiger partial charge on any atom is 0.374 e. The minimum atomic E-state index is -0.708. The molecule has 0 radical (unpaired) electrons. The number of rotatable bonds is 6. The van der Waals surface area contributed by atoms with Crippen LogP contribution in [-0.2, 0) is 25.6 Å². The third kappa shape index (κ3) is 4.28. The van der Waals surface area contributed by atoms with E-state index in [1.165, 1.54) is 13.2 Å². The van der Waals surface area contributed by atoms with Crippen LogP contribution in [0.1, 0.15) is 23.2 Å². The predicted octanol–water partition coefficient (Wildman–Crippen LogP) is 1.15. The van der Waals surface area contributed by atoms with Crippen molar-refractivity contribution in [3.05, 3.63) is 23.7 Å². The maximum absolute atomic E-state index is 11.4. The summed E-state index contributed by atoms with van der Waals surface area (Å²) in [5.74, 6) is -0.762. The van der Waals surface area contributed by atoms with E-state index in [1.54, 1.807) is 13.0 Å². The van der Waals surface area contributed by atoms with Gasteiger partial charge in [0.2, 0.25) is 5.76 Å². The molecule has 0 amide bonds. The average Bonchev–Trinajstić information content (AvgIpc) is 2.75. The summed E-state index contributed by atoms with van der Waals surface area (Å²) in [7, 11) is 1.52. The van der Waals surface area contributed by atoms with Crippen LogP contribution in [0, 0.1) is 0 Å². The average molecular weight is 242 g/mol. The SMILES string of the molecule is CCOC(=O)COC(=O)c1ccc(COC)o1. The molecule has 1 rings (SSSR count). The van der Waals surface area contributed by atoms with Crippen LogP contribution >= 0.6 is 0 Å². The van der Waals surface area contributed by atoms with Gasteiger partial charge in [0.15, 0.2) is 6.61 Å². The van der Waals surface area contributed by atoms with Crippen molar-refractivity contribution in [2.75, 3.05) is 20.3 Å². The highest BCUT2D eigenvalue weighted by molar-refractivity contribution is 5.88. The first kappa shape index (κ1) is 13.2. The quantitative estimate of drug-likeness (QED) is 0.696. The Morgan fingerprint density at radius 1 is 1.29 bits per heavy atom. The van der Waals surface area contributed by atoms with Gasteiger partial charge in [0, 0.05) is 7.11 Å². The standard InChI is InChI=1S/C11H14O6/c1-3-15-10(12)7-16-11(13)9-5-4-8(17-9)6-14-2/h4-5H,3,6-7H2,1-2H3. The Bertz CT molecular complexity index is 381. The number of furan rings is 1. The van der Waals surface area contributed by atoms with Crippen LogP contribution in [0.5, 0.6) is 0 Å². The van der Waals surface area contributed by atoms with E-state index in [4.69, 9.17) is 9.15 Å². The smallest absolute Gasteiger partial charge is 0.374 e. The van der Waals surface area contributed by atoms with E-state index in [0.29, 0.717) is 5.76 Å². The van der Waals surface area contributed by atoms with Gasteiger partial charge in [-0.15, -0.1) is 0 Å². The number of esters is 2. The van der Waals surface area contributed by atoms with Gasteiger partial charge in [-0.3, -0.25) is 0 Å². The van der Waals surface area contributed by atoms with Crippen LogP contribution in [0.25, 0.3) is 0 Å². The van der Waals surface area contributed by atoms with Crippen molar-refractivity contribution in [2.45, 2.75) is 13.5 Å². The Kier molecular flexibility index (Phi) is 5.22. The number of hydrogen-bond donors (Lipinski definition) is 0. The first-order valence-electron chi connectivity index (χ1n) is 5.07. The third-order valence-electron chi connectivity index (χ3n) is 1.78. The molecule has 17 heavy (non-hydrogen) atoms. The van der Waals surface area contributed by atoms with Crippen LogP contribution in [-0.4, -0.2) is 32.3 Å². The van der Waals surface area contributed by atoms with Gasteiger partial charge in [-0.2, -0.15) is 0 Å². The summed E-state index contributed by atoms with van der Waals surface area (Å²) in [6, 6.07) is 3.06. The normalized spacial score (nSPS) is 10.0. The van der Waals surface area contributed by atoms with Gasteiger partial charge in [-0.25, -0.2) is 9.59 Å². The largest absolute Gasteiger partial charge is 0.463 e. The zero-order chi connectivity index (χ0) is 12.7. The summed E-state index contributed by atoms with van der Waals surface area (Å²) in [4.78, 5) is 22.3. The Labute approximate surface area is 98.4 Å². The monoisotopic (exact) mass is 242 g/mol. The molecule has 0 aliphatic rings. The summed E-state index contributed by atoms with van der Waals surface area (Å²) in [6.07, 6.45) is 0. The molecule has 0 aliphatic heterocycles. The molecule has 94 valence electrons. The Balaban J connectivity index is 2.43. The van der Waals surface area contributed by atoms with Crippen LogP contribution in [0.15, 0.2) is 16.5 Å². The highest BCUT2D eigenvalue weighted by atomic mass is 16.6. The van der Waals surface area contributed by atoms with Crippen LogP contribution < -0.4 is 0 Å². The molecule has 0 aromatic carbocycles. The summed E-state index contributed by atoms with van der Waals surface area (Å²) in [5.41, 5.74) is 0. The maximum atomic E-state index is 11.4. The molecule has 0 N–H and O–H groups in total. The second-order valence-corrected chi connectivity index (χ2v) is 3.08. The molecule has 0 unspecified atom stereocenters. The summed E-state index contributed by atoms with van der Waals surface area (Å²) < 4.78 is 19.2.